The van der Waals surface area contributed by atoms with Crippen molar-refractivity contribution < 1.29 is 9.47 Å². The summed E-state index contributed by atoms with van der Waals surface area (Å²) in [5, 5.41) is 0. The molecule has 1 saturated carbocycles. The molecule has 2 aliphatic rings. The van der Waals surface area contributed by atoms with E-state index in [2.05, 4.69) is 76.3 Å². The summed E-state index contributed by atoms with van der Waals surface area (Å²) in [5.41, 5.74) is 6.49. The van der Waals surface area contributed by atoms with Gasteiger partial charge in [0.25, 0.3) is 0 Å². The van der Waals surface area contributed by atoms with Gasteiger partial charge in [0, 0.05) is 24.3 Å². The van der Waals surface area contributed by atoms with Crippen LogP contribution in [0.5, 0.6) is 0 Å². The number of nitrogens with two attached hydrogens (primary N) is 1. The van der Waals surface area contributed by atoms with Crippen molar-refractivity contribution in [1.82, 2.24) is 0 Å². The zero-order valence-electron chi connectivity index (χ0n) is 31.8. The second-order valence-electron chi connectivity index (χ2n) is 15.4. The summed E-state index contributed by atoms with van der Waals surface area (Å²) < 4.78 is 13.7. The highest BCUT2D eigenvalue weighted by atomic mass is 16.8. The van der Waals surface area contributed by atoms with E-state index in [1.807, 2.05) is 0 Å². The van der Waals surface area contributed by atoms with Gasteiger partial charge in [0.1, 0.15) is 0 Å². The zero-order chi connectivity index (χ0) is 33.9. The first-order valence-corrected chi connectivity index (χ1v) is 20.7. The van der Waals surface area contributed by atoms with Crippen molar-refractivity contribution in [2.45, 2.75) is 225 Å². The highest BCUT2D eigenvalue weighted by Gasteiger charge is 2.58. The Hall–Kier alpha value is -1.16. The quantitative estimate of drug-likeness (QED) is 0.0620. The molecule has 3 nitrogen and oxygen atoms in total. The van der Waals surface area contributed by atoms with Crippen LogP contribution < -0.4 is 5.73 Å². The van der Waals surface area contributed by atoms with Crippen molar-refractivity contribution in [3.63, 3.8) is 0 Å². The van der Waals surface area contributed by atoms with E-state index in [4.69, 9.17) is 15.2 Å². The number of ether oxygens (including phenoxy) is 2. The maximum atomic E-state index is 6.88. The Morgan fingerprint density at radius 1 is 0.511 bits per heavy atom. The number of hydrogen-bond donors (Lipinski definition) is 1. The molecule has 1 aliphatic heterocycles. The molecule has 3 atom stereocenters. The summed E-state index contributed by atoms with van der Waals surface area (Å²) in [7, 11) is 0. The molecule has 1 saturated heterocycles. The minimum absolute atomic E-state index is 0.00878. The van der Waals surface area contributed by atoms with Crippen molar-refractivity contribution in [1.29, 1.82) is 0 Å². The average molecular weight is 654 g/mol. The van der Waals surface area contributed by atoms with Gasteiger partial charge in [-0.25, -0.2) is 0 Å². The van der Waals surface area contributed by atoms with E-state index < -0.39 is 0 Å². The number of fused-ring (bicyclic) bond motifs is 1. The van der Waals surface area contributed by atoms with Crippen molar-refractivity contribution in [3.05, 3.63) is 48.6 Å². The largest absolute Gasteiger partial charge is 0.344 e. The smallest absolute Gasteiger partial charge is 0.169 e. The van der Waals surface area contributed by atoms with Crippen LogP contribution in [0.2, 0.25) is 0 Å². The summed E-state index contributed by atoms with van der Waals surface area (Å²) in [5.74, 6) is -0.378. The summed E-state index contributed by atoms with van der Waals surface area (Å²) in [4.78, 5) is 0. The number of allylic oxidation sites excluding steroid dienone is 8. The van der Waals surface area contributed by atoms with Gasteiger partial charge in [-0.15, -0.1) is 0 Å². The van der Waals surface area contributed by atoms with Gasteiger partial charge in [0.05, 0.1) is 12.2 Å². The van der Waals surface area contributed by atoms with Gasteiger partial charge in [-0.05, 0) is 83.5 Å². The lowest BCUT2D eigenvalue weighted by Crippen LogP contribution is -2.42. The highest BCUT2D eigenvalue weighted by molar-refractivity contribution is 5.06. The molecular formula is C44H79NO2. The molecule has 0 amide bonds. The summed E-state index contributed by atoms with van der Waals surface area (Å²) in [6.45, 7) is 9.10. The van der Waals surface area contributed by atoms with Crippen LogP contribution in [-0.2, 0) is 9.47 Å². The highest BCUT2D eigenvalue weighted by Crippen LogP contribution is 2.50. The third-order valence-electron chi connectivity index (χ3n) is 10.7. The van der Waals surface area contributed by atoms with Gasteiger partial charge in [-0.1, -0.05) is 153 Å². The van der Waals surface area contributed by atoms with Crippen LogP contribution in [-0.4, -0.2) is 24.0 Å². The lowest BCUT2D eigenvalue weighted by atomic mass is 9.85. The average Bonchev–Trinajstić information content (AvgIpc) is 3.52. The van der Waals surface area contributed by atoms with Crippen LogP contribution in [0.1, 0.15) is 201 Å². The molecule has 1 aliphatic carbocycles. The minimum atomic E-state index is -0.378. The van der Waals surface area contributed by atoms with E-state index in [0.717, 1.165) is 32.1 Å². The van der Waals surface area contributed by atoms with E-state index in [1.165, 1.54) is 141 Å². The van der Waals surface area contributed by atoms with Crippen molar-refractivity contribution >= 4 is 0 Å². The topological polar surface area (TPSA) is 44.5 Å². The zero-order valence-corrected chi connectivity index (χ0v) is 31.8. The van der Waals surface area contributed by atoms with Crippen LogP contribution in [0.4, 0.5) is 0 Å². The first-order valence-electron chi connectivity index (χ1n) is 20.7. The van der Waals surface area contributed by atoms with Gasteiger partial charge in [-0.2, -0.15) is 0 Å². The summed E-state index contributed by atoms with van der Waals surface area (Å²) in [6.07, 6.45) is 52.9. The molecule has 0 spiro atoms. The van der Waals surface area contributed by atoms with Crippen LogP contribution in [0.15, 0.2) is 48.6 Å². The standard InChI is InChI=1S/C44H79NO2/c1-5-7-9-11-13-15-17-19-21-23-25-27-29-31-33-35-37-44(46-40-39-41(45)43(3,4)42(40)47-44)38-36-34-32-30-28-26-24-22-20-18-16-14-12-10-8-6-2/h13-16,19-22,40-42H,5-12,17-18,23-39,45H2,1-4H3. The first kappa shape index (κ1) is 42.0. The van der Waals surface area contributed by atoms with Gasteiger partial charge in [-0.3, -0.25) is 0 Å². The molecule has 0 bridgehead atoms. The second kappa shape index (κ2) is 26.7. The summed E-state index contributed by atoms with van der Waals surface area (Å²) in [6, 6.07) is 0.166. The molecule has 3 unspecified atom stereocenters. The number of unbranched alkanes of at least 4 members (excludes halogenated alkanes) is 18. The van der Waals surface area contributed by atoms with E-state index in [1.54, 1.807) is 0 Å². The minimum Gasteiger partial charge on any atom is -0.344 e. The molecule has 1 heterocycles. The molecule has 2 fully saturated rings. The maximum Gasteiger partial charge on any atom is 0.169 e. The Kier molecular flexibility index (Phi) is 23.8. The third kappa shape index (κ3) is 18.4. The number of rotatable bonds is 30. The Morgan fingerprint density at radius 2 is 0.894 bits per heavy atom. The Labute approximate surface area is 293 Å². The monoisotopic (exact) mass is 654 g/mol. The second-order valence-corrected chi connectivity index (χ2v) is 15.4. The molecule has 2 N–H and O–H groups in total. The summed E-state index contributed by atoms with van der Waals surface area (Å²) >= 11 is 0. The van der Waals surface area contributed by atoms with Crippen LogP contribution in [0.25, 0.3) is 0 Å². The molecule has 47 heavy (non-hydrogen) atoms. The van der Waals surface area contributed by atoms with Gasteiger partial charge >= 0.3 is 0 Å². The lowest BCUT2D eigenvalue weighted by molar-refractivity contribution is -0.201. The van der Waals surface area contributed by atoms with Gasteiger partial charge in [0.2, 0.25) is 0 Å². The molecule has 0 aromatic rings. The molecule has 272 valence electrons. The van der Waals surface area contributed by atoms with Crippen LogP contribution in [0, 0.1) is 5.41 Å². The predicted molar refractivity (Wildman–Crippen MR) is 207 cm³/mol. The molecular weight excluding hydrogens is 574 g/mol. The molecule has 2 rings (SSSR count). The van der Waals surface area contributed by atoms with E-state index in [0.29, 0.717) is 0 Å². The van der Waals surface area contributed by atoms with Crippen molar-refractivity contribution in [3.8, 4) is 0 Å². The SMILES string of the molecule is CCCCCC=CCC=CCCCCCCCCC1(CCCCCCCCC=CCC=CCCCCC)OC2CC(N)C(C)(C)C2O1. The van der Waals surface area contributed by atoms with Gasteiger partial charge < -0.3 is 15.2 Å². The van der Waals surface area contributed by atoms with E-state index in [-0.39, 0.29) is 29.5 Å². The molecule has 0 aromatic heterocycles. The molecule has 0 aromatic carbocycles. The lowest BCUT2D eigenvalue weighted by Gasteiger charge is -2.34. The molecule has 0 radical (unpaired) electrons. The normalized spacial score (nSPS) is 24.2. The van der Waals surface area contributed by atoms with Crippen LogP contribution in [0.3, 0.4) is 0 Å². The van der Waals surface area contributed by atoms with Crippen molar-refractivity contribution in [2.24, 2.45) is 11.1 Å². The fourth-order valence-corrected chi connectivity index (χ4v) is 7.37. The third-order valence-corrected chi connectivity index (χ3v) is 10.7. The first-order chi connectivity index (χ1) is 22.9. The van der Waals surface area contributed by atoms with E-state index in [9.17, 15) is 0 Å². The Bertz CT molecular complexity index is 807. The van der Waals surface area contributed by atoms with Gasteiger partial charge in [0.15, 0.2) is 5.79 Å². The maximum absolute atomic E-state index is 6.88. The molecule has 3 heteroatoms. The van der Waals surface area contributed by atoms with E-state index >= 15 is 0 Å². The van der Waals surface area contributed by atoms with Crippen molar-refractivity contribution in [2.75, 3.05) is 0 Å². The fourth-order valence-electron chi connectivity index (χ4n) is 7.37. The Morgan fingerprint density at radius 3 is 1.30 bits per heavy atom. The Balaban J connectivity index is 1.57. The predicted octanol–water partition coefficient (Wildman–Crippen LogP) is 13.6. The van der Waals surface area contributed by atoms with Crippen LogP contribution >= 0.6 is 0 Å². The number of hydrogen-bond acceptors (Lipinski definition) is 3. The fraction of sp³-hybridized carbons (Fsp3) is 0.818.